The van der Waals surface area contributed by atoms with Gasteiger partial charge in [0.05, 0.1) is 5.52 Å². The van der Waals surface area contributed by atoms with Gasteiger partial charge in [0, 0.05) is 18.3 Å². The molecule has 0 aliphatic rings. The molecule has 2 rings (SSSR count). The van der Waals surface area contributed by atoms with E-state index < -0.39 is 0 Å². The Morgan fingerprint density at radius 2 is 2.11 bits per heavy atom. The van der Waals surface area contributed by atoms with E-state index in [1.165, 1.54) is 6.07 Å². The van der Waals surface area contributed by atoms with Gasteiger partial charge in [0.25, 0.3) is 0 Å². The molecule has 0 unspecified atom stereocenters. The van der Waals surface area contributed by atoms with E-state index in [0.717, 1.165) is 30.6 Å². The van der Waals surface area contributed by atoms with Crippen molar-refractivity contribution in [1.82, 2.24) is 9.55 Å². The van der Waals surface area contributed by atoms with E-state index >= 15 is 0 Å². The zero-order valence-electron chi connectivity index (χ0n) is 10.8. The van der Waals surface area contributed by atoms with Crippen molar-refractivity contribution >= 4 is 22.6 Å². The number of benzene rings is 1. The summed E-state index contributed by atoms with van der Waals surface area (Å²) in [6, 6.07) is 5.41. The molecule has 2 nitrogen and oxygen atoms in total. The highest BCUT2D eigenvalue weighted by Crippen LogP contribution is 2.24. The molecule has 0 saturated carbocycles. The van der Waals surface area contributed by atoms with Crippen molar-refractivity contribution in [3.05, 3.63) is 29.8 Å². The molecule has 0 aliphatic carbocycles. The fraction of sp³-hybridized carbons (Fsp3) is 0.500. The maximum absolute atomic E-state index is 13.7. The number of alkyl halides is 1. The smallest absolute Gasteiger partial charge is 0.151 e. The van der Waals surface area contributed by atoms with Crippen LogP contribution in [-0.2, 0) is 6.42 Å². The number of hydrogen-bond donors (Lipinski definition) is 0. The summed E-state index contributed by atoms with van der Waals surface area (Å²) in [6.07, 6.45) is 2.80. The Hall–Kier alpha value is -1.09. The van der Waals surface area contributed by atoms with Gasteiger partial charge in [-0.1, -0.05) is 6.07 Å². The lowest BCUT2D eigenvalue weighted by Crippen LogP contribution is -2.06. The molecule has 0 atom stereocenters. The highest BCUT2D eigenvalue weighted by atomic mass is 35.5. The second-order valence-corrected chi connectivity index (χ2v) is 5.12. The van der Waals surface area contributed by atoms with Crippen LogP contribution in [0, 0.1) is 5.82 Å². The van der Waals surface area contributed by atoms with Crippen LogP contribution in [0.15, 0.2) is 18.2 Å². The third kappa shape index (κ3) is 2.51. The summed E-state index contributed by atoms with van der Waals surface area (Å²) in [7, 11) is 0. The molecule has 0 bridgehead atoms. The van der Waals surface area contributed by atoms with Crippen molar-refractivity contribution in [2.45, 2.75) is 39.2 Å². The van der Waals surface area contributed by atoms with Crippen molar-refractivity contribution in [3.63, 3.8) is 0 Å². The molecule has 0 N–H and O–H groups in total. The van der Waals surface area contributed by atoms with Crippen molar-refractivity contribution in [3.8, 4) is 0 Å². The Kier molecular flexibility index (Phi) is 4.23. The van der Waals surface area contributed by atoms with Gasteiger partial charge in [0.15, 0.2) is 5.82 Å². The maximum atomic E-state index is 13.7. The Morgan fingerprint density at radius 3 is 2.78 bits per heavy atom. The topological polar surface area (TPSA) is 17.8 Å². The van der Waals surface area contributed by atoms with Gasteiger partial charge in [0.1, 0.15) is 11.3 Å². The molecule has 18 heavy (non-hydrogen) atoms. The first kappa shape index (κ1) is 13.3. The van der Waals surface area contributed by atoms with E-state index in [0.29, 0.717) is 11.4 Å². The van der Waals surface area contributed by atoms with Crippen LogP contribution in [0.4, 0.5) is 4.39 Å². The van der Waals surface area contributed by atoms with Crippen LogP contribution in [0.1, 0.15) is 38.6 Å². The van der Waals surface area contributed by atoms with Gasteiger partial charge in [-0.15, -0.1) is 11.6 Å². The molecule has 0 saturated heterocycles. The van der Waals surface area contributed by atoms with Crippen LogP contribution >= 0.6 is 11.6 Å². The highest BCUT2D eigenvalue weighted by molar-refractivity contribution is 6.17. The summed E-state index contributed by atoms with van der Waals surface area (Å²) in [5.74, 6) is 1.37. The van der Waals surface area contributed by atoms with Crippen LogP contribution < -0.4 is 0 Å². The lowest BCUT2D eigenvalue weighted by molar-refractivity contribution is 0.574. The van der Waals surface area contributed by atoms with Gasteiger partial charge in [-0.25, -0.2) is 9.37 Å². The molecule has 0 aliphatic heterocycles. The largest absolute Gasteiger partial charge is 0.325 e. The molecule has 1 aromatic heterocycles. The molecule has 1 heterocycles. The Labute approximate surface area is 112 Å². The molecule has 0 fully saturated rings. The van der Waals surface area contributed by atoms with Gasteiger partial charge >= 0.3 is 0 Å². The number of hydrogen-bond acceptors (Lipinski definition) is 1. The summed E-state index contributed by atoms with van der Waals surface area (Å²) >= 11 is 5.69. The highest BCUT2D eigenvalue weighted by Gasteiger charge is 2.15. The number of nitrogens with zero attached hydrogens (tertiary/aromatic N) is 2. The minimum Gasteiger partial charge on any atom is -0.325 e. The van der Waals surface area contributed by atoms with Gasteiger partial charge in [0.2, 0.25) is 0 Å². The third-order valence-electron chi connectivity index (χ3n) is 3.04. The van der Waals surface area contributed by atoms with Gasteiger partial charge in [-0.3, -0.25) is 0 Å². The standard InChI is InChI=1S/C14H18ClFN2/c1-10(2)18-12-7-5-6-11(16)14(12)17-13(18)8-3-4-9-15/h5-7,10H,3-4,8-9H2,1-2H3. The van der Waals surface area contributed by atoms with Gasteiger partial charge in [-0.05, 0) is 38.8 Å². The molecule has 0 amide bonds. The molecule has 2 aromatic rings. The van der Waals surface area contributed by atoms with E-state index in [1.807, 2.05) is 6.07 Å². The van der Waals surface area contributed by atoms with Gasteiger partial charge < -0.3 is 4.57 Å². The van der Waals surface area contributed by atoms with E-state index in [4.69, 9.17) is 11.6 Å². The Bertz CT molecular complexity index is 534. The number of halogens is 2. The van der Waals surface area contributed by atoms with Crippen molar-refractivity contribution < 1.29 is 4.39 Å². The number of imidazole rings is 1. The number of aromatic nitrogens is 2. The molecular formula is C14H18ClFN2. The molecule has 4 heteroatoms. The number of para-hydroxylation sites is 1. The summed E-state index contributed by atoms with van der Waals surface area (Å²) in [5.41, 5.74) is 1.36. The second-order valence-electron chi connectivity index (χ2n) is 4.75. The fourth-order valence-corrected chi connectivity index (χ4v) is 2.45. The zero-order valence-corrected chi connectivity index (χ0v) is 11.5. The van der Waals surface area contributed by atoms with Crippen molar-refractivity contribution in [1.29, 1.82) is 0 Å². The number of rotatable bonds is 5. The average molecular weight is 269 g/mol. The summed E-state index contributed by atoms with van der Waals surface area (Å²) in [5, 5.41) is 0. The maximum Gasteiger partial charge on any atom is 0.151 e. The predicted octanol–water partition coefficient (Wildman–Crippen LogP) is 4.32. The van der Waals surface area contributed by atoms with Crippen LogP contribution in [0.2, 0.25) is 0 Å². The second kappa shape index (κ2) is 5.70. The summed E-state index contributed by atoms with van der Waals surface area (Å²) in [4.78, 5) is 4.45. The quantitative estimate of drug-likeness (QED) is 0.583. The first-order valence-corrected chi connectivity index (χ1v) is 6.90. The number of unbranched alkanes of at least 4 members (excludes halogenated alkanes) is 1. The molecule has 98 valence electrons. The van der Waals surface area contributed by atoms with Gasteiger partial charge in [-0.2, -0.15) is 0 Å². The van der Waals surface area contributed by atoms with E-state index in [2.05, 4.69) is 23.4 Å². The normalized spacial score (nSPS) is 11.6. The molecule has 0 radical (unpaired) electrons. The third-order valence-corrected chi connectivity index (χ3v) is 3.31. The molecular weight excluding hydrogens is 251 g/mol. The first-order chi connectivity index (χ1) is 8.65. The Balaban J connectivity index is 2.44. The monoisotopic (exact) mass is 268 g/mol. The van der Waals surface area contributed by atoms with Crippen LogP contribution in [0.25, 0.3) is 11.0 Å². The van der Waals surface area contributed by atoms with Crippen LogP contribution in [0.3, 0.4) is 0 Å². The lowest BCUT2D eigenvalue weighted by Gasteiger charge is -2.12. The first-order valence-electron chi connectivity index (χ1n) is 6.36. The minimum absolute atomic E-state index is 0.245. The molecule has 0 spiro atoms. The lowest BCUT2D eigenvalue weighted by atomic mass is 10.2. The van der Waals surface area contributed by atoms with E-state index in [9.17, 15) is 4.39 Å². The van der Waals surface area contributed by atoms with E-state index in [-0.39, 0.29) is 11.9 Å². The Morgan fingerprint density at radius 1 is 1.33 bits per heavy atom. The number of fused-ring (bicyclic) bond motifs is 1. The molecule has 1 aromatic carbocycles. The van der Waals surface area contributed by atoms with Crippen molar-refractivity contribution in [2.75, 3.05) is 5.88 Å². The summed E-state index contributed by atoms with van der Waals surface area (Å²) in [6.45, 7) is 4.19. The van der Waals surface area contributed by atoms with E-state index in [1.54, 1.807) is 6.07 Å². The predicted molar refractivity (Wildman–Crippen MR) is 73.7 cm³/mol. The minimum atomic E-state index is -0.245. The van der Waals surface area contributed by atoms with Crippen molar-refractivity contribution in [2.24, 2.45) is 0 Å². The van der Waals surface area contributed by atoms with Crippen LogP contribution in [-0.4, -0.2) is 15.4 Å². The SMILES string of the molecule is CC(C)n1c(CCCCCl)nc2c(F)cccc21. The zero-order chi connectivity index (χ0) is 13.1. The average Bonchev–Trinajstić information content (AvgIpc) is 2.69. The summed E-state index contributed by atoms with van der Waals surface area (Å²) < 4.78 is 15.9. The fourth-order valence-electron chi connectivity index (χ4n) is 2.26. The number of aryl methyl sites for hydroxylation is 1. The van der Waals surface area contributed by atoms with Crippen LogP contribution in [0.5, 0.6) is 0 Å².